The molecule has 0 spiro atoms. The van der Waals surface area contributed by atoms with Crippen molar-refractivity contribution in [1.82, 2.24) is 4.90 Å². The molecule has 2 N–H and O–H groups in total. The third kappa shape index (κ3) is 5.91. The molecule has 1 fully saturated rings. The molecule has 0 radical (unpaired) electrons. The van der Waals surface area contributed by atoms with Crippen molar-refractivity contribution in [2.75, 3.05) is 39.4 Å². The molecule has 0 aliphatic carbocycles. The number of halogens is 1. The van der Waals surface area contributed by atoms with E-state index in [0.29, 0.717) is 5.92 Å². The molecule has 0 amide bonds. The van der Waals surface area contributed by atoms with Crippen LogP contribution in [0.3, 0.4) is 0 Å². The molecule has 4 heteroatoms. The van der Waals surface area contributed by atoms with Gasteiger partial charge in [0.2, 0.25) is 0 Å². The second kappa shape index (κ2) is 9.32. The average molecular weight is 285 g/mol. The summed E-state index contributed by atoms with van der Waals surface area (Å²) in [5.74, 6) is 0.701. The summed E-state index contributed by atoms with van der Waals surface area (Å²) >= 11 is 0. The number of ether oxygens (including phenoxy) is 1. The fraction of sp³-hybridized carbons (Fsp3) is 0.600. The Morgan fingerprint density at radius 2 is 2.00 bits per heavy atom. The van der Waals surface area contributed by atoms with E-state index in [0.717, 1.165) is 45.8 Å². The topological polar surface area (TPSA) is 38.5 Å². The molecule has 108 valence electrons. The van der Waals surface area contributed by atoms with E-state index < -0.39 is 0 Å². The van der Waals surface area contributed by atoms with Gasteiger partial charge in [-0.05, 0) is 24.3 Å². The zero-order chi connectivity index (χ0) is 12.6. The number of benzene rings is 1. The fourth-order valence-electron chi connectivity index (χ4n) is 2.50. The molecule has 1 aromatic carbocycles. The predicted molar refractivity (Wildman–Crippen MR) is 81.8 cm³/mol. The second-order valence-electron chi connectivity index (χ2n) is 5.05. The van der Waals surface area contributed by atoms with Gasteiger partial charge in [0.15, 0.2) is 0 Å². The minimum Gasteiger partial charge on any atom is -0.381 e. The third-order valence-electron chi connectivity index (χ3n) is 3.55. The first-order chi connectivity index (χ1) is 8.88. The lowest BCUT2D eigenvalue weighted by molar-refractivity contribution is 0.168. The highest BCUT2D eigenvalue weighted by Gasteiger charge is 2.18. The standard InChI is InChI=1S/C15H24N2O.ClH/c16-8-10-17(12-15-7-11-18-13-15)9-6-14-4-2-1-3-5-14;/h1-5,15H,6-13,16H2;1H. The van der Waals surface area contributed by atoms with E-state index >= 15 is 0 Å². The molecule has 3 nitrogen and oxygen atoms in total. The van der Waals surface area contributed by atoms with Gasteiger partial charge >= 0.3 is 0 Å². The number of nitrogens with zero attached hydrogens (tertiary/aromatic N) is 1. The van der Waals surface area contributed by atoms with Crippen molar-refractivity contribution in [3.63, 3.8) is 0 Å². The van der Waals surface area contributed by atoms with E-state index in [-0.39, 0.29) is 12.4 Å². The van der Waals surface area contributed by atoms with Crippen LogP contribution in [0.25, 0.3) is 0 Å². The van der Waals surface area contributed by atoms with Crippen LogP contribution in [0.4, 0.5) is 0 Å². The molecule has 0 aromatic heterocycles. The van der Waals surface area contributed by atoms with Crippen molar-refractivity contribution in [3.8, 4) is 0 Å². The summed E-state index contributed by atoms with van der Waals surface area (Å²) in [5.41, 5.74) is 7.10. The lowest BCUT2D eigenvalue weighted by Gasteiger charge is -2.24. The van der Waals surface area contributed by atoms with Crippen LogP contribution < -0.4 is 5.73 Å². The second-order valence-corrected chi connectivity index (χ2v) is 5.05. The first-order valence-corrected chi connectivity index (χ1v) is 6.92. The Morgan fingerprint density at radius 1 is 1.21 bits per heavy atom. The van der Waals surface area contributed by atoms with Gasteiger partial charge in [0.05, 0.1) is 6.61 Å². The zero-order valence-electron chi connectivity index (χ0n) is 11.5. The van der Waals surface area contributed by atoms with Gasteiger partial charge in [0.1, 0.15) is 0 Å². The molecule has 1 aliphatic heterocycles. The van der Waals surface area contributed by atoms with Crippen LogP contribution in [0.1, 0.15) is 12.0 Å². The minimum atomic E-state index is 0. The van der Waals surface area contributed by atoms with E-state index in [1.165, 1.54) is 12.0 Å². The molecule has 0 bridgehead atoms. The first-order valence-electron chi connectivity index (χ1n) is 6.92. The fourth-order valence-corrected chi connectivity index (χ4v) is 2.50. The van der Waals surface area contributed by atoms with Gasteiger partial charge in [-0.25, -0.2) is 0 Å². The van der Waals surface area contributed by atoms with Crippen molar-refractivity contribution in [1.29, 1.82) is 0 Å². The van der Waals surface area contributed by atoms with Crippen molar-refractivity contribution in [3.05, 3.63) is 35.9 Å². The quantitative estimate of drug-likeness (QED) is 0.832. The summed E-state index contributed by atoms with van der Waals surface area (Å²) in [6, 6.07) is 10.7. The smallest absolute Gasteiger partial charge is 0.0507 e. The molecule has 0 saturated carbocycles. The van der Waals surface area contributed by atoms with Crippen molar-refractivity contribution in [2.45, 2.75) is 12.8 Å². The van der Waals surface area contributed by atoms with Crippen LogP contribution in [0.5, 0.6) is 0 Å². The van der Waals surface area contributed by atoms with Gasteiger partial charge in [-0.3, -0.25) is 0 Å². The molecule has 1 atom stereocenters. The van der Waals surface area contributed by atoms with Crippen LogP contribution in [0.15, 0.2) is 30.3 Å². The maximum atomic E-state index is 5.70. The van der Waals surface area contributed by atoms with Gasteiger partial charge in [0.25, 0.3) is 0 Å². The van der Waals surface area contributed by atoms with Crippen molar-refractivity contribution >= 4 is 12.4 Å². The van der Waals surface area contributed by atoms with Crippen LogP contribution in [0.2, 0.25) is 0 Å². The predicted octanol–water partition coefficient (Wildman–Crippen LogP) is 1.95. The van der Waals surface area contributed by atoms with Gasteiger partial charge < -0.3 is 15.4 Å². The van der Waals surface area contributed by atoms with Crippen LogP contribution in [-0.4, -0.2) is 44.3 Å². The molecule has 1 saturated heterocycles. The highest BCUT2D eigenvalue weighted by atomic mass is 35.5. The Bertz CT molecular complexity index is 328. The first kappa shape index (κ1) is 16.4. The number of hydrogen-bond acceptors (Lipinski definition) is 3. The van der Waals surface area contributed by atoms with E-state index in [2.05, 4.69) is 35.2 Å². The normalized spacial score (nSPS) is 18.5. The average Bonchev–Trinajstić information content (AvgIpc) is 2.90. The molecular formula is C15H25ClN2O. The van der Waals surface area contributed by atoms with E-state index in [1.54, 1.807) is 0 Å². The third-order valence-corrected chi connectivity index (χ3v) is 3.55. The minimum absolute atomic E-state index is 0. The lowest BCUT2D eigenvalue weighted by atomic mass is 10.1. The van der Waals surface area contributed by atoms with E-state index in [4.69, 9.17) is 10.5 Å². The number of rotatable bonds is 7. The molecule has 2 rings (SSSR count). The molecule has 1 aliphatic rings. The Morgan fingerprint density at radius 3 is 2.63 bits per heavy atom. The molecule has 1 unspecified atom stereocenters. The maximum absolute atomic E-state index is 5.70. The Balaban J connectivity index is 0.00000180. The van der Waals surface area contributed by atoms with Crippen molar-refractivity contribution in [2.24, 2.45) is 11.7 Å². The highest BCUT2D eigenvalue weighted by Crippen LogP contribution is 2.14. The monoisotopic (exact) mass is 284 g/mol. The molecule has 1 aromatic rings. The Labute approximate surface area is 122 Å². The van der Waals surface area contributed by atoms with Gasteiger partial charge in [-0.15, -0.1) is 12.4 Å². The number of hydrogen-bond donors (Lipinski definition) is 1. The summed E-state index contributed by atoms with van der Waals surface area (Å²) in [5, 5.41) is 0. The van der Waals surface area contributed by atoms with Crippen LogP contribution in [-0.2, 0) is 11.2 Å². The van der Waals surface area contributed by atoms with Gasteiger partial charge in [0, 0.05) is 32.8 Å². The largest absolute Gasteiger partial charge is 0.381 e. The Kier molecular flexibility index (Phi) is 8.07. The lowest BCUT2D eigenvalue weighted by Crippen LogP contribution is -2.35. The summed E-state index contributed by atoms with van der Waals surface area (Å²) in [6.45, 7) is 5.81. The van der Waals surface area contributed by atoms with Crippen LogP contribution in [0, 0.1) is 5.92 Å². The molecule has 1 heterocycles. The van der Waals surface area contributed by atoms with E-state index in [9.17, 15) is 0 Å². The van der Waals surface area contributed by atoms with Crippen LogP contribution >= 0.6 is 12.4 Å². The number of nitrogens with two attached hydrogens (primary N) is 1. The Hall–Kier alpha value is -0.610. The summed E-state index contributed by atoms with van der Waals surface area (Å²) in [6.07, 6.45) is 2.31. The highest BCUT2D eigenvalue weighted by molar-refractivity contribution is 5.85. The zero-order valence-corrected chi connectivity index (χ0v) is 12.3. The van der Waals surface area contributed by atoms with Gasteiger partial charge in [-0.1, -0.05) is 30.3 Å². The SMILES string of the molecule is Cl.NCCN(CCc1ccccc1)CC1CCOC1. The summed E-state index contributed by atoms with van der Waals surface area (Å²) in [4.78, 5) is 2.48. The molecule has 19 heavy (non-hydrogen) atoms. The van der Waals surface area contributed by atoms with Crippen molar-refractivity contribution < 1.29 is 4.74 Å². The summed E-state index contributed by atoms with van der Waals surface area (Å²) in [7, 11) is 0. The molecular weight excluding hydrogens is 260 g/mol. The maximum Gasteiger partial charge on any atom is 0.0507 e. The van der Waals surface area contributed by atoms with Gasteiger partial charge in [-0.2, -0.15) is 0 Å². The van der Waals surface area contributed by atoms with E-state index in [1.807, 2.05) is 0 Å². The summed E-state index contributed by atoms with van der Waals surface area (Å²) < 4.78 is 5.44.